The van der Waals surface area contributed by atoms with Crippen molar-refractivity contribution >= 4 is 32.5 Å². The van der Waals surface area contributed by atoms with Crippen LogP contribution in [0.1, 0.15) is 0 Å². The first-order valence-corrected chi connectivity index (χ1v) is 9.65. The molecule has 0 radical (unpaired) electrons. The molecule has 8 heteroatoms. The maximum absolute atomic E-state index is 12.8. The Balaban J connectivity index is 1.77. The molecule has 0 aliphatic rings. The van der Waals surface area contributed by atoms with Gasteiger partial charge in [-0.05, 0) is 48.5 Å². The Hall–Kier alpha value is -3.13. The smallest absolute Gasteiger partial charge is 0.262 e. The van der Waals surface area contributed by atoms with E-state index in [1.165, 1.54) is 11.0 Å². The molecule has 3 rings (SSSR count). The molecule has 2 aromatic carbocycles. The lowest BCUT2D eigenvalue weighted by Crippen LogP contribution is -2.27. The number of anilines is 1. The van der Waals surface area contributed by atoms with Gasteiger partial charge in [0.1, 0.15) is 5.75 Å². The lowest BCUT2D eigenvalue weighted by molar-refractivity contribution is -0.130. The third kappa shape index (κ3) is 4.35. The Labute approximate surface area is 157 Å². The fourth-order valence-corrected chi connectivity index (χ4v) is 3.69. The summed E-state index contributed by atoms with van der Waals surface area (Å²) in [6, 6.07) is 14.7. The summed E-state index contributed by atoms with van der Waals surface area (Å²) in [4.78, 5) is 17.3. The molecule has 0 aliphatic carbocycles. The number of carbonyl (C=O) groups is 1. The molecule has 0 unspecified atom stereocenters. The molecule has 140 valence electrons. The van der Waals surface area contributed by atoms with Crippen LogP contribution < -0.4 is 9.46 Å². The summed E-state index contributed by atoms with van der Waals surface area (Å²) in [5, 5.41) is 0.551. The highest BCUT2D eigenvalue weighted by Gasteiger charge is 2.17. The number of rotatable bonds is 6. The fourth-order valence-electron chi connectivity index (χ4n) is 2.41. The highest BCUT2D eigenvalue weighted by Crippen LogP contribution is 2.24. The average molecular weight is 385 g/mol. The first-order valence-electron chi connectivity index (χ1n) is 8.16. The molecule has 1 aromatic heterocycles. The van der Waals surface area contributed by atoms with Crippen LogP contribution in [0.4, 0.5) is 5.69 Å². The van der Waals surface area contributed by atoms with Crippen molar-refractivity contribution < 1.29 is 17.9 Å². The van der Waals surface area contributed by atoms with E-state index in [1.54, 1.807) is 68.8 Å². The Kier molecular flexibility index (Phi) is 5.27. The van der Waals surface area contributed by atoms with Crippen molar-refractivity contribution in [3.63, 3.8) is 0 Å². The summed E-state index contributed by atoms with van der Waals surface area (Å²) in [6.45, 7) is -0.0823. The van der Waals surface area contributed by atoms with Gasteiger partial charge in [-0.15, -0.1) is 0 Å². The van der Waals surface area contributed by atoms with Gasteiger partial charge >= 0.3 is 0 Å². The summed E-state index contributed by atoms with van der Waals surface area (Å²) in [6.07, 6.45) is 1.62. The van der Waals surface area contributed by atoms with Crippen LogP contribution in [0.5, 0.6) is 5.75 Å². The quantitative estimate of drug-likeness (QED) is 0.704. The van der Waals surface area contributed by atoms with E-state index < -0.39 is 10.0 Å². The van der Waals surface area contributed by atoms with Gasteiger partial charge in [0, 0.05) is 31.4 Å². The van der Waals surface area contributed by atoms with Gasteiger partial charge in [0.05, 0.1) is 10.4 Å². The third-order valence-corrected chi connectivity index (χ3v) is 5.30. The van der Waals surface area contributed by atoms with Crippen molar-refractivity contribution in [1.82, 2.24) is 9.88 Å². The fraction of sp³-hybridized carbons (Fsp3) is 0.158. The minimum absolute atomic E-state index is 0.0823. The number of likely N-dealkylation sites (N-methyl/N-ethyl adjacent to an activating group) is 1. The minimum Gasteiger partial charge on any atom is -0.484 e. The Bertz CT molecular complexity index is 1060. The lowest BCUT2D eigenvalue weighted by Gasteiger charge is -2.12. The zero-order chi connectivity index (χ0) is 19.4. The maximum atomic E-state index is 12.8. The number of benzene rings is 2. The molecule has 3 aromatic rings. The van der Waals surface area contributed by atoms with Crippen LogP contribution in [0.3, 0.4) is 0 Å². The maximum Gasteiger partial charge on any atom is 0.262 e. The number of carbonyl (C=O) groups excluding carboxylic acids is 1. The van der Waals surface area contributed by atoms with Gasteiger partial charge in [0.2, 0.25) is 0 Å². The van der Waals surface area contributed by atoms with Crippen LogP contribution >= 0.6 is 0 Å². The SMILES string of the molecule is CN(C)C(=O)COc1ccc(NS(=O)(=O)c2cccc3ncccc23)cc1. The van der Waals surface area contributed by atoms with Crippen molar-refractivity contribution in [2.45, 2.75) is 4.90 Å². The molecule has 0 aliphatic heterocycles. The number of aromatic nitrogens is 1. The molecule has 0 saturated carbocycles. The van der Waals surface area contributed by atoms with E-state index in [1.807, 2.05) is 0 Å². The third-order valence-electron chi connectivity index (χ3n) is 3.86. The number of hydrogen-bond donors (Lipinski definition) is 1. The van der Waals surface area contributed by atoms with E-state index in [9.17, 15) is 13.2 Å². The number of nitrogens with one attached hydrogen (secondary N) is 1. The minimum atomic E-state index is -3.78. The summed E-state index contributed by atoms with van der Waals surface area (Å²) < 4.78 is 33.5. The molecule has 7 nitrogen and oxygen atoms in total. The predicted molar refractivity (Wildman–Crippen MR) is 103 cm³/mol. The number of amides is 1. The van der Waals surface area contributed by atoms with E-state index in [0.29, 0.717) is 22.3 Å². The lowest BCUT2D eigenvalue weighted by atomic mass is 10.2. The standard InChI is InChI=1S/C19H19N3O4S/c1-22(2)19(23)13-26-15-10-8-14(9-11-15)21-27(24,25)18-7-3-6-17-16(18)5-4-12-20-17/h3-12,21H,13H2,1-2H3. The van der Waals surface area contributed by atoms with Gasteiger partial charge in [0.25, 0.3) is 15.9 Å². The number of ether oxygens (including phenoxy) is 1. The van der Waals surface area contributed by atoms with Gasteiger partial charge in [0.15, 0.2) is 6.61 Å². The predicted octanol–water partition coefficient (Wildman–Crippen LogP) is 2.50. The molecule has 0 atom stereocenters. The summed E-state index contributed by atoms with van der Waals surface area (Å²) in [5.74, 6) is 0.312. The number of sulfonamides is 1. The van der Waals surface area contributed by atoms with E-state index >= 15 is 0 Å². The van der Waals surface area contributed by atoms with E-state index in [4.69, 9.17) is 4.74 Å². The molecule has 1 N–H and O–H groups in total. The van der Waals surface area contributed by atoms with Crippen molar-refractivity contribution in [1.29, 1.82) is 0 Å². The second-order valence-corrected chi connectivity index (χ2v) is 7.68. The molecule has 1 amide bonds. The summed E-state index contributed by atoms with van der Waals surface area (Å²) >= 11 is 0. The largest absolute Gasteiger partial charge is 0.484 e. The van der Waals surface area contributed by atoms with E-state index in [-0.39, 0.29) is 17.4 Å². The van der Waals surface area contributed by atoms with Gasteiger partial charge in [-0.25, -0.2) is 8.42 Å². The monoisotopic (exact) mass is 385 g/mol. The van der Waals surface area contributed by atoms with Crippen LogP contribution in [0.2, 0.25) is 0 Å². The molecule has 0 bridgehead atoms. The van der Waals surface area contributed by atoms with E-state index in [2.05, 4.69) is 9.71 Å². The van der Waals surface area contributed by atoms with Gasteiger partial charge in [-0.2, -0.15) is 0 Å². The molecule has 1 heterocycles. The molecular formula is C19H19N3O4S. The van der Waals surface area contributed by atoms with Crippen molar-refractivity contribution in [3.8, 4) is 5.75 Å². The van der Waals surface area contributed by atoms with Crippen LogP contribution in [0, 0.1) is 0 Å². The molecule has 0 spiro atoms. The van der Waals surface area contributed by atoms with Crippen molar-refractivity contribution in [2.75, 3.05) is 25.4 Å². The number of fused-ring (bicyclic) bond motifs is 1. The number of hydrogen-bond acceptors (Lipinski definition) is 5. The highest BCUT2D eigenvalue weighted by atomic mass is 32.2. The van der Waals surface area contributed by atoms with Gasteiger partial charge < -0.3 is 9.64 Å². The van der Waals surface area contributed by atoms with Crippen molar-refractivity contribution in [2.24, 2.45) is 0 Å². The van der Waals surface area contributed by atoms with Crippen molar-refractivity contribution in [3.05, 3.63) is 60.8 Å². The topological polar surface area (TPSA) is 88.6 Å². The Morgan fingerprint density at radius 3 is 2.52 bits per heavy atom. The van der Waals surface area contributed by atoms with Crippen LogP contribution in [-0.2, 0) is 14.8 Å². The van der Waals surface area contributed by atoms with Crippen LogP contribution in [-0.4, -0.2) is 44.9 Å². The van der Waals surface area contributed by atoms with Crippen LogP contribution in [0.25, 0.3) is 10.9 Å². The first kappa shape index (κ1) is 18.7. The van der Waals surface area contributed by atoms with E-state index in [0.717, 1.165) is 0 Å². The zero-order valence-electron chi connectivity index (χ0n) is 14.9. The molecular weight excluding hydrogens is 366 g/mol. The van der Waals surface area contributed by atoms with Gasteiger partial charge in [-0.1, -0.05) is 6.07 Å². The zero-order valence-corrected chi connectivity index (χ0v) is 15.7. The summed E-state index contributed by atoms with van der Waals surface area (Å²) in [5.41, 5.74) is 0.997. The second kappa shape index (κ2) is 7.63. The Morgan fingerprint density at radius 1 is 1.07 bits per heavy atom. The Morgan fingerprint density at radius 2 is 1.81 bits per heavy atom. The average Bonchev–Trinajstić information content (AvgIpc) is 2.66. The number of pyridine rings is 1. The summed E-state index contributed by atoms with van der Waals surface area (Å²) in [7, 11) is -0.491. The first-order chi connectivity index (χ1) is 12.9. The molecule has 27 heavy (non-hydrogen) atoms. The normalized spacial score (nSPS) is 11.2. The number of nitrogens with zero attached hydrogens (tertiary/aromatic N) is 2. The highest BCUT2D eigenvalue weighted by molar-refractivity contribution is 7.93. The second-order valence-electron chi connectivity index (χ2n) is 6.03. The van der Waals surface area contributed by atoms with Gasteiger partial charge in [-0.3, -0.25) is 14.5 Å². The van der Waals surface area contributed by atoms with Crippen LogP contribution in [0.15, 0.2) is 65.7 Å². The molecule has 0 fully saturated rings. The molecule has 0 saturated heterocycles.